The van der Waals surface area contributed by atoms with Gasteiger partial charge in [0.2, 0.25) is 0 Å². The van der Waals surface area contributed by atoms with Crippen molar-refractivity contribution in [3.63, 3.8) is 0 Å². The maximum absolute atomic E-state index is 3.25. The number of benzene rings is 1. The summed E-state index contributed by atoms with van der Waals surface area (Å²) in [4.78, 5) is 5.61. The minimum atomic E-state index is 1.03. The lowest BCUT2D eigenvalue weighted by Crippen LogP contribution is -2.18. The van der Waals surface area contributed by atoms with Crippen LogP contribution in [0.1, 0.15) is 18.9 Å². The van der Waals surface area contributed by atoms with Crippen LogP contribution in [-0.4, -0.2) is 23.5 Å². The van der Waals surface area contributed by atoms with E-state index in [0.29, 0.717) is 0 Å². The Labute approximate surface area is 90.9 Å². The maximum atomic E-state index is 3.25. The van der Waals surface area contributed by atoms with Crippen LogP contribution in [0.5, 0.6) is 0 Å². The van der Waals surface area contributed by atoms with E-state index in [0.717, 1.165) is 13.1 Å². The highest BCUT2D eigenvalue weighted by Crippen LogP contribution is 2.18. The SMILES string of the molecule is CCCN(C)Cc1cccc2[nH]ccc12. The van der Waals surface area contributed by atoms with Crippen LogP contribution in [-0.2, 0) is 6.54 Å². The first-order chi connectivity index (χ1) is 7.31. The summed E-state index contributed by atoms with van der Waals surface area (Å²) in [6, 6.07) is 8.61. The van der Waals surface area contributed by atoms with Gasteiger partial charge < -0.3 is 9.88 Å². The predicted octanol–water partition coefficient (Wildman–Crippen LogP) is 3.01. The van der Waals surface area contributed by atoms with Gasteiger partial charge in [-0.3, -0.25) is 0 Å². The fourth-order valence-electron chi connectivity index (χ4n) is 2.04. The van der Waals surface area contributed by atoms with Crippen LogP contribution in [0.2, 0.25) is 0 Å². The Balaban J connectivity index is 2.23. The largest absolute Gasteiger partial charge is 0.361 e. The van der Waals surface area contributed by atoms with Crippen molar-refractivity contribution in [1.29, 1.82) is 0 Å². The van der Waals surface area contributed by atoms with Gasteiger partial charge in [-0.15, -0.1) is 0 Å². The average Bonchev–Trinajstić information content (AvgIpc) is 2.67. The maximum Gasteiger partial charge on any atom is 0.0457 e. The standard InChI is InChI=1S/C13H18N2/c1-3-9-15(2)10-11-5-4-6-13-12(11)7-8-14-13/h4-8,14H,3,9-10H2,1-2H3. The fourth-order valence-corrected chi connectivity index (χ4v) is 2.04. The summed E-state index contributed by atoms with van der Waals surface area (Å²) in [6.07, 6.45) is 3.22. The Morgan fingerprint density at radius 1 is 1.27 bits per heavy atom. The first-order valence-electron chi connectivity index (χ1n) is 5.55. The van der Waals surface area contributed by atoms with E-state index in [9.17, 15) is 0 Å². The monoisotopic (exact) mass is 202 g/mol. The van der Waals surface area contributed by atoms with Gasteiger partial charge in [-0.25, -0.2) is 0 Å². The number of fused-ring (bicyclic) bond motifs is 1. The molecule has 1 heterocycles. The molecule has 2 rings (SSSR count). The third-order valence-electron chi connectivity index (χ3n) is 2.73. The molecule has 0 saturated heterocycles. The molecule has 0 fully saturated rings. The molecule has 0 bridgehead atoms. The van der Waals surface area contributed by atoms with Crippen LogP contribution in [0.3, 0.4) is 0 Å². The summed E-state index contributed by atoms with van der Waals surface area (Å²) in [6.45, 7) is 4.40. The van der Waals surface area contributed by atoms with Gasteiger partial charge >= 0.3 is 0 Å². The Morgan fingerprint density at radius 2 is 2.13 bits per heavy atom. The van der Waals surface area contributed by atoms with E-state index in [4.69, 9.17) is 0 Å². The molecule has 15 heavy (non-hydrogen) atoms. The second-order valence-electron chi connectivity index (χ2n) is 4.09. The summed E-state index contributed by atoms with van der Waals surface area (Å²) in [5.41, 5.74) is 2.64. The lowest BCUT2D eigenvalue weighted by atomic mass is 10.1. The van der Waals surface area contributed by atoms with Crippen LogP contribution in [0.25, 0.3) is 10.9 Å². The zero-order chi connectivity index (χ0) is 10.7. The molecule has 0 atom stereocenters. The van der Waals surface area contributed by atoms with Crippen molar-refractivity contribution >= 4 is 10.9 Å². The highest BCUT2D eigenvalue weighted by molar-refractivity contribution is 5.82. The van der Waals surface area contributed by atoms with Crippen molar-refractivity contribution in [2.24, 2.45) is 0 Å². The first-order valence-corrected chi connectivity index (χ1v) is 5.55. The molecule has 0 radical (unpaired) electrons. The second kappa shape index (κ2) is 4.49. The number of hydrogen-bond acceptors (Lipinski definition) is 1. The van der Waals surface area contributed by atoms with Gasteiger partial charge in [-0.1, -0.05) is 19.1 Å². The molecule has 2 nitrogen and oxygen atoms in total. The zero-order valence-corrected chi connectivity index (χ0v) is 9.46. The van der Waals surface area contributed by atoms with E-state index in [2.05, 4.69) is 48.1 Å². The number of aromatic nitrogens is 1. The van der Waals surface area contributed by atoms with Crippen molar-refractivity contribution in [1.82, 2.24) is 9.88 Å². The summed E-state index contributed by atoms with van der Waals surface area (Å²) in [5, 5.41) is 1.35. The van der Waals surface area contributed by atoms with Crippen molar-refractivity contribution in [2.75, 3.05) is 13.6 Å². The van der Waals surface area contributed by atoms with E-state index in [1.165, 1.54) is 22.9 Å². The predicted molar refractivity (Wildman–Crippen MR) is 64.9 cm³/mol. The number of aromatic amines is 1. The smallest absolute Gasteiger partial charge is 0.0457 e. The molecule has 0 aliphatic rings. The molecule has 2 aromatic rings. The van der Waals surface area contributed by atoms with Crippen LogP contribution in [0.4, 0.5) is 0 Å². The van der Waals surface area contributed by atoms with Gasteiger partial charge in [0.15, 0.2) is 0 Å². The van der Waals surface area contributed by atoms with E-state index < -0.39 is 0 Å². The van der Waals surface area contributed by atoms with Gasteiger partial charge in [0.05, 0.1) is 0 Å². The summed E-state index contributed by atoms with van der Waals surface area (Å²) in [7, 11) is 2.18. The Bertz CT molecular complexity index is 431. The zero-order valence-electron chi connectivity index (χ0n) is 9.46. The van der Waals surface area contributed by atoms with Crippen molar-refractivity contribution in [3.8, 4) is 0 Å². The Morgan fingerprint density at radius 3 is 2.93 bits per heavy atom. The lowest BCUT2D eigenvalue weighted by molar-refractivity contribution is 0.329. The van der Waals surface area contributed by atoms with Gasteiger partial charge in [0.1, 0.15) is 0 Å². The molecule has 0 spiro atoms. The molecule has 80 valence electrons. The van der Waals surface area contributed by atoms with E-state index in [1.54, 1.807) is 0 Å². The molecular formula is C13H18N2. The molecule has 0 saturated carbocycles. The van der Waals surface area contributed by atoms with Crippen molar-refractivity contribution < 1.29 is 0 Å². The van der Waals surface area contributed by atoms with Crippen molar-refractivity contribution in [3.05, 3.63) is 36.0 Å². The minimum absolute atomic E-state index is 1.03. The molecule has 0 amide bonds. The number of H-pyrrole nitrogens is 1. The van der Waals surface area contributed by atoms with Crippen LogP contribution in [0.15, 0.2) is 30.5 Å². The number of nitrogens with one attached hydrogen (secondary N) is 1. The summed E-state index contributed by atoms with van der Waals surface area (Å²) in [5.74, 6) is 0. The third-order valence-corrected chi connectivity index (χ3v) is 2.73. The number of rotatable bonds is 4. The van der Waals surface area contributed by atoms with Gasteiger partial charge in [0.25, 0.3) is 0 Å². The first kappa shape index (κ1) is 10.2. The van der Waals surface area contributed by atoms with Crippen molar-refractivity contribution in [2.45, 2.75) is 19.9 Å². The Hall–Kier alpha value is -1.28. The number of hydrogen-bond donors (Lipinski definition) is 1. The summed E-state index contributed by atoms with van der Waals surface area (Å²) >= 11 is 0. The van der Waals surface area contributed by atoms with Crippen LogP contribution < -0.4 is 0 Å². The normalized spacial score (nSPS) is 11.4. The van der Waals surface area contributed by atoms with E-state index >= 15 is 0 Å². The lowest BCUT2D eigenvalue weighted by Gasteiger charge is -2.15. The highest BCUT2D eigenvalue weighted by Gasteiger charge is 2.03. The van der Waals surface area contributed by atoms with Crippen LogP contribution >= 0.6 is 0 Å². The van der Waals surface area contributed by atoms with Gasteiger partial charge in [-0.05, 0) is 37.7 Å². The quantitative estimate of drug-likeness (QED) is 0.807. The molecule has 0 aliphatic carbocycles. The molecule has 1 aromatic heterocycles. The average molecular weight is 202 g/mol. The topological polar surface area (TPSA) is 19.0 Å². The molecular weight excluding hydrogens is 184 g/mol. The Kier molecular flexibility index (Phi) is 3.07. The molecule has 0 aliphatic heterocycles. The van der Waals surface area contributed by atoms with E-state index in [1.807, 2.05) is 6.20 Å². The third kappa shape index (κ3) is 2.21. The summed E-state index contributed by atoms with van der Waals surface area (Å²) < 4.78 is 0. The molecule has 0 unspecified atom stereocenters. The fraction of sp³-hybridized carbons (Fsp3) is 0.385. The molecule has 1 aromatic carbocycles. The van der Waals surface area contributed by atoms with Gasteiger partial charge in [0, 0.05) is 23.6 Å². The highest BCUT2D eigenvalue weighted by atomic mass is 15.1. The van der Waals surface area contributed by atoms with Gasteiger partial charge in [-0.2, -0.15) is 0 Å². The number of nitrogens with zero attached hydrogens (tertiary/aromatic N) is 1. The van der Waals surface area contributed by atoms with Crippen LogP contribution in [0, 0.1) is 0 Å². The van der Waals surface area contributed by atoms with E-state index in [-0.39, 0.29) is 0 Å². The molecule has 2 heteroatoms. The minimum Gasteiger partial charge on any atom is -0.361 e. The molecule has 1 N–H and O–H groups in total. The second-order valence-corrected chi connectivity index (χ2v) is 4.09.